The minimum absolute atomic E-state index is 0.114. The maximum atomic E-state index is 12.3. The SMILES string of the molecule is CN(Cc1ccccc1CN)C(=O)c1ccncc1O. The first-order chi connectivity index (χ1) is 9.63. The van der Waals surface area contributed by atoms with Crippen LogP contribution in [-0.4, -0.2) is 27.9 Å². The zero-order chi connectivity index (χ0) is 14.5. The number of rotatable bonds is 4. The van der Waals surface area contributed by atoms with E-state index in [9.17, 15) is 9.90 Å². The summed E-state index contributed by atoms with van der Waals surface area (Å²) < 4.78 is 0. The first-order valence-electron chi connectivity index (χ1n) is 6.28. The summed E-state index contributed by atoms with van der Waals surface area (Å²) in [5.41, 5.74) is 7.93. The van der Waals surface area contributed by atoms with Gasteiger partial charge >= 0.3 is 0 Å². The third-order valence-corrected chi connectivity index (χ3v) is 3.12. The van der Waals surface area contributed by atoms with Crippen LogP contribution in [0, 0.1) is 0 Å². The van der Waals surface area contributed by atoms with Gasteiger partial charge in [0.15, 0.2) is 0 Å². The van der Waals surface area contributed by atoms with Gasteiger partial charge in [0.2, 0.25) is 0 Å². The predicted octanol–water partition coefficient (Wildman–Crippen LogP) is 1.52. The van der Waals surface area contributed by atoms with Crippen LogP contribution in [0.4, 0.5) is 0 Å². The normalized spacial score (nSPS) is 10.3. The van der Waals surface area contributed by atoms with E-state index in [0.717, 1.165) is 11.1 Å². The van der Waals surface area contributed by atoms with Crippen LogP contribution in [0.5, 0.6) is 5.75 Å². The highest BCUT2D eigenvalue weighted by molar-refractivity contribution is 5.96. The summed E-state index contributed by atoms with van der Waals surface area (Å²) >= 11 is 0. The number of hydrogen-bond acceptors (Lipinski definition) is 4. The van der Waals surface area contributed by atoms with Gasteiger partial charge in [-0.3, -0.25) is 9.78 Å². The zero-order valence-electron chi connectivity index (χ0n) is 11.3. The van der Waals surface area contributed by atoms with Crippen molar-refractivity contribution < 1.29 is 9.90 Å². The Morgan fingerprint density at radius 2 is 2.00 bits per heavy atom. The van der Waals surface area contributed by atoms with E-state index in [1.54, 1.807) is 11.9 Å². The number of nitrogens with zero attached hydrogens (tertiary/aromatic N) is 2. The lowest BCUT2D eigenvalue weighted by Gasteiger charge is -2.19. The van der Waals surface area contributed by atoms with Crippen LogP contribution in [0.15, 0.2) is 42.7 Å². The maximum Gasteiger partial charge on any atom is 0.257 e. The zero-order valence-corrected chi connectivity index (χ0v) is 11.3. The predicted molar refractivity (Wildman–Crippen MR) is 76.0 cm³/mol. The molecule has 1 aromatic carbocycles. The van der Waals surface area contributed by atoms with Crippen molar-refractivity contribution in [3.8, 4) is 5.75 Å². The standard InChI is InChI=1S/C15H17N3O2/c1-18(10-12-5-3-2-4-11(12)8-16)15(20)13-6-7-17-9-14(13)19/h2-7,9,19H,8,10,16H2,1H3. The Balaban J connectivity index is 2.18. The molecule has 20 heavy (non-hydrogen) atoms. The minimum atomic E-state index is -0.253. The van der Waals surface area contributed by atoms with Crippen molar-refractivity contribution in [3.63, 3.8) is 0 Å². The summed E-state index contributed by atoms with van der Waals surface area (Å²) in [4.78, 5) is 17.6. The number of nitrogens with two attached hydrogens (primary N) is 1. The van der Waals surface area contributed by atoms with E-state index in [2.05, 4.69) is 4.98 Å². The molecule has 5 nitrogen and oxygen atoms in total. The number of hydrogen-bond donors (Lipinski definition) is 2. The Labute approximate surface area is 117 Å². The first-order valence-corrected chi connectivity index (χ1v) is 6.28. The van der Waals surface area contributed by atoms with Gasteiger partial charge in [-0.25, -0.2) is 0 Å². The number of pyridine rings is 1. The van der Waals surface area contributed by atoms with Gasteiger partial charge in [0, 0.05) is 26.3 Å². The molecule has 0 spiro atoms. The fraction of sp³-hybridized carbons (Fsp3) is 0.200. The molecule has 0 atom stereocenters. The van der Waals surface area contributed by atoms with Gasteiger partial charge in [-0.15, -0.1) is 0 Å². The second-order valence-electron chi connectivity index (χ2n) is 4.53. The van der Waals surface area contributed by atoms with Crippen molar-refractivity contribution >= 4 is 5.91 Å². The van der Waals surface area contributed by atoms with Crippen molar-refractivity contribution in [3.05, 3.63) is 59.4 Å². The second kappa shape index (κ2) is 6.16. The lowest BCUT2D eigenvalue weighted by Crippen LogP contribution is -2.27. The molecule has 1 amide bonds. The number of benzene rings is 1. The highest BCUT2D eigenvalue weighted by Crippen LogP contribution is 2.18. The summed E-state index contributed by atoms with van der Waals surface area (Å²) in [6.45, 7) is 0.868. The molecule has 5 heteroatoms. The number of amides is 1. The van der Waals surface area contributed by atoms with E-state index < -0.39 is 0 Å². The van der Waals surface area contributed by atoms with Gasteiger partial charge in [0.25, 0.3) is 5.91 Å². The third kappa shape index (κ3) is 2.95. The average molecular weight is 271 g/mol. The van der Waals surface area contributed by atoms with Crippen molar-refractivity contribution in [2.24, 2.45) is 5.73 Å². The molecule has 3 N–H and O–H groups in total. The van der Waals surface area contributed by atoms with Gasteiger partial charge in [-0.05, 0) is 17.2 Å². The minimum Gasteiger partial charge on any atom is -0.505 e. The fourth-order valence-corrected chi connectivity index (χ4v) is 2.01. The third-order valence-electron chi connectivity index (χ3n) is 3.12. The van der Waals surface area contributed by atoms with E-state index in [-0.39, 0.29) is 17.2 Å². The first kappa shape index (κ1) is 14.0. The molecule has 1 heterocycles. The monoisotopic (exact) mass is 271 g/mol. The Bertz CT molecular complexity index is 614. The van der Waals surface area contributed by atoms with Gasteiger partial charge in [-0.2, -0.15) is 0 Å². The van der Waals surface area contributed by atoms with Crippen LogP contribution in [0.25, 0.3) is 0 Å². The van der Waals surface area contributed by atoms with Gasteiger partial charge in [0.1, 0.15) is 5.75 Å². The van der Waals surface area contributed by atoms with Crippen LogP contribution in [0.1, 0.15) is 21.5 Å². The largest absolute Gasteiger partial charge is 0.505 e. The average Bonchev–Trinajstić information content (AvgIpc) is 2.47. The van der Waals surface area contributed by atoms with E-state index in [1.165, 1.54) is 18.5 Å². The Morgan fingerprint density at radius 3 is 2.65 bits per heavy atom. The lowest BCUT2D eigenvalue weighted by molar-refractivity contribution is 0.0781. The number of aromatic nitrogens is 1. The van der Waals surface area contributed by atoms with Gasteiger partial charge in [-0.1, -0.05) is 24.3 Å². The Morgan fingerprint density at radius 1 is 1.30 bits per heavy atom. The number of carbonyl (C=O) groups excluding carboxylic acids is 1. The number of aromatic hydroxyl groups is 1. The molecule has 0 saturated heterocycles. The highest BCUT2D eigenvalue weighted by atomic mass is 16.3. The summed E-state index contributed by atoms with van der Waals surface area (Å²) in [7, 11) is 1.69. The molecule has 0 aliphatic heterocycles. The van der Waals surface area contributed by atoms with Gasteiger partial charge < -0.3 is 15.7 Å². The molecule has 2 rings (SSSR count). The Hall–Kier alpha value is -2.40. The molecule has 0 aliphatic rings. The van der Waals surface area contributed by atoms with E-state index in [0.29, 0.717) is 13.1 Å². The molecule has 0 aliphatic carbocycles. The molecule has 0 radical (unpaired) electrons. The van der Waals surface area contributed by atoms with Crippen LogP contribution in [-0.2, 0) is 13.1 Å². The van der Waals surface area contributed by atoms with Crippen molar-refractivity contribution in [2.45, 2.75) is 13.1 Å². The molecular formula is C15H17N3O2. The summed E-state index contributed by atoms with van der Waals surface area (Å²) in [5, 5.41) is 9.67. The molecule has 0 saturated carbocycles. The second-order valence-corrected chi connectivity index (χ2v) is 4.53. The van der Waals surface area contributed by atoms with Crippen molar-refractivity contribution in [1.29, 1.82) is 0 Å². The lowest BCUT2D eigenvalue weighted by atomic mass is 10.1. The maximum absolute atomic E-state index is 12.3. The van der Waals surface area contributed by atoms with Crippen LogP contribution < -0.4 is 5.73 Å². The smallest absolute Gasteiger partial charge is 0.257 e. The molecule has 104 valence electrons. The number of carbonyl (C=O) groups is 1. The molecule has 0 fully saturated rings. The highest BCUT2D eigenvalue weighted by Gasteiger charge is 2.16. The molecule has 0 bridgehead atoms. The molecule has 2 aromatic rings. The summed E-state index contributed by atoms with van der Waals surface area (Å²) in [6.07, 6.45) is 2.74. The topological polar surface area (TPSA) is 79.5 Å². The van der Waals surface area contributed by atoms with Crippen LogP contribution in [0.3, 0.4) is 0 Å². The van der Waals surface area contributed by atoms with Crippen molar-refractivity contribution in [1.82, 2.24) is 9.88 Å². The summed E-state index contributed by atoms with van der Waals surface area (Å²) in [6, 6.07) is 9.22. The quantitative estimate of drug-likeness (QED) is 0.883. The van der Waals surface area contributed by atoms with Crippen molar-refractivity contribution in [2.75, 3.05) is 7.05 Å². The molecule has 0 unspecified atom stereocenters. The molecular weight excluding hydrogens is 254 g/mol. The van der Waals surface area contributed by atoms with E-state index in [4.69, 9.17) is 5.73 Å². The van der Waals surface area contributed by atoms with Crippen LogP contribution >= 0.6 is 0 Å². The summed E-state index contributed by atoms with van der Waals surface area (Å²) in [5.74, 6) is -0.367. The van der Waals surface area contributed by atoms with E-state index in [1.807, 2.05) is 24.3 Å². The van der Waals surface area contributed by atoms with Gasteiger partial charge in [0.05, 0.1) is 11.8 Å². The van der Waals surface area contributed by atoms with E-state index >= 15 is 0 Å². The fourth-order valence-electron chi connectivity index (χ4n) is 2.01. The Kier molecular flexibility index (Phi) is 4.32. The molecule has 1 aromatic heterocycles. The van der Waals surface area contributed by atoms with Crippen LogP contribution in [0.2, 0.25) is 0 Å².